The fraction of sp³-hybridized carbons (Fsp3) is 0.400. The van der Waals surface area contributed by atoms with E-state index in [9.17, 15) is 4.79 Å². The zero-order chi connectivity index (χ0) is 18.0. The Kier molecular flexibility index (Phi) is 7.66. The molecule has 152 valence electrons. The predicted octanol–water partition coefficient (Wildman–Crippen LogP) is 3.23. The van der Waals surface area contributed by atoms with E-state index in [0.717, 1.165) is 43.1 Å². The van der Waals surface area contributed by atoms with Crippen LogP contribution in [-0.2, 0) is 16.0 Å². The van der Waals surface area contributed by atoms with Gasteiger partial charge in [-0.2, -0.15) is 0 Å². The van der Waals surface area contributed by atoms with Crippen LogP contribution >= 0.6 is 24.8 Å². The van der Waals surface area contributed by atoms with E-state index in [2.05, 4.69) is 21.7 Å². The van der Waals surface area contributed by atoms with Gasteiger partial charge in [0.2, 0.25) is 0 Å². The van der Waals surface area contributed by atoms with Gasteiger partial charge in [-0.05, 0) is 61.8 Å². The summed E-state index contributed by atoms with van der Waals surface area (Å²) in [5.41, 5.74) is 2.27. The van der Waals surface area contributed by atoms with E-state index < -0.39 is 5.60 Å². The zero-order valence-corrected chi connectivity index (χ0v) is 17.3. The highest BCUT2D eigenvalue weighted by Crippen LogP contribution is 2.30. The fourth-order valence-corrected chi connectivity index (χ4v) is 3.60. The third-order valence-corrected chi connectivity index (χ3v) is 5.19. The first-order valence-electron chi connectivity index (χ1n) is 9.01. The van der Waals surface area contributed by atoms with Crippen LogP contribution in [0.4, 0.5) is 5.82 Å². The van der Waals surface area contributed by atoms with Crippen molar-refractivity contribution >= 4 is 36.5 Å². The highest BCUT2D eigenvalue weighted by atomic mass is 35.5. The van der Waals surface area contributed by atoms with Gasteiger partial charge in [-0.25, -0.2) is 4.98 Å². The van der Waals surface area contributed by atoms with Crippen LogP contribution in [0.2, 0.25) is 0 Å². The van der Waals surface area contributed by atoms with Gasteiger partial charge in [0, 0.05) is 19.1 Å². The van der Waals surface area contributed by atoms with Crippen molar-refractivity contribution in [2.45, 2.75) is 24.9 Å². The van der Waals surface area contributed by atoms with E-state index in [0.29, 0.717) is 18.7 Å². The molecule has 1 fully saturated rings. The zero-order valence-electron chi connectivity index (χ0n) is 15.7. The van der Waals surface area contributed by atoms with Crippen molar-refractivity contribution in [3.05, 3.63) is 42.0 Å². The van der Waals surface area contributed by atoms with Crippen LogP contribution in [0.1, 0.15) is 18.4 Å². The molecule has 0 atom stereocenters. The van der Waals surface area contributed by atoms with Crippen molar-refractivity contribution in [1.29, 1.82) is 0 Å². The lowest BCUT2D eigenvalue weighted by molar-refractivity contribution is -0.140. The average Bonchev–Trinajstić information content (AvgIpc) is 3.16. The third kappa shape index (κ3) is 4.41. The van der Waals surface area contributed by atoms with E-state index in [-0.39, 0.29) is 30.7 Å². The lowest BCUT2D eigenvalue weighted by Gasteiger charge is -2.34. The number of pyridine rings is 1. The fourth-order valence-electron chi connectivity index (χ4n) is 3.60. The van der Waals surface area contributed by atoms with Gasteiger partial charge in [0.25, 0.3) is 5.91 Å². The van der Waals surface area contributed by atoms with Gasteiger partial charge in [-0.1, -0.05) is 6.07 Å². The molecule has 0 radical (unpaired) electrons. The first-order chi connectivity index (χ1) is 12.7. The Hall–Kier alpha value is -1.86. The Morgan fingerprint density at radius 3 is 2.75 bits per heavy atom. The van der Waals surface area contributed by atoms with Crippen molar-refractivity contribution in [1.82, 2.24) is 10.3 Å². The number of amides is 1. The Morgan fingerprint density at radius 2 is 2.00 bits per heavy atom. The molecule has 0 aliphatic carbocycles. The summed E-state index contributed by atoms with van der Waals surface area (Å²) in [4.78, 5) is 17.4. The second-order valence-electron chi connectivity index (χ2n) is 6.73. The Morgan fingerprint density at radius 1 is 1.21 bits per heavy atom. The number of carbonyl (C=O) groups excluding carboxylic acids is 1. The van der Waals surface area contributed by atoms with Crippen LogP contribution in [-0.4, -0.2) is 43.3 Å². The molecule has 2 aliphatic heterocycles. The molecule has 3 heterocycles. The predicted molar refractivity (Wildman–Crippen MR) is 114 cm³/mol. The van der Waals surface area contributed by atoms with Gasteiger partial charge >= 0.3 is 0 Å². The lowest BCUT2D eigenvalue weighted by atomic mass is 9.91. The van der Waals surface area contributed by atoms with Crippen LogP contribution in [0.3, 0.4) is 0 Å². The summed E-state index contributed by atoms with van der Waals surface area (Å²) in [7, 11) is 1.60. The number of anilines is 1. The first-order valence-corrected chi connectivity index (χ1v) is 9.01. The summed E-state index contributed by atoms with van der Waals surface area (Å²) in [5, 5.41) is 6.20. The van der Waals surface area contributed by atoms with Crippen LogP contribution in [0.5, 0.6) is 5.75 Å². The molecule has 0 saturated carbocycles. The summed E-state index contributed by atoms with van der Waals surface area (Å²) in [6.45, 7) is 2.27. The minimum atomic E-state index is -0.784. The molecular weight excluding hydrogens is 401 g/mol. The Balaban J connectivity index is 0.00000140. The van der Waals surface area contributed by atoms with Gasteiger partial charge in [-0.15, -0.1) is 24.8 Å². The molecule has 0 unspecified atom stereocenters. The number of hydrogen-bond donors (Lipinski definition) is 2. The topological polar surface area (TPSA) is 72.5 Å². The molecule has 1 aromatic heterocycles. The van der Waals surface area contributed by atoms with Gasteiger partial charge < -0.3 is 20.1 Å². The van der Waals surface area contributed by atoms with Crippen molar-refractivity contribution in [2.24, 2.45) is 0 Å². The van der Waals surface area contributed by atoms with Crippen LogP contribution in [0.25, 0.3) is 11.3 Å². The summed E-state index contributed by atoms with van der Waals surface area (Å²) >= 11 is 0. The number of aromatic nitrogens is 1. The maximum absolute atomic E-state index is 12.8. The molecule has 1 saturated heterocycles. The molecule has 6 nitrogen and oxygen atoms in total. The maximum atomic E-state index is 12.8. The number of carbonyl (C=O) groups is 1. The number of nitrogens with zero attached hydrogens (tertiary/aromatic N) is 1. The number of benzene rings is 1. The Bertz CT molecular complexity index is 826. The number of ether oxygens (including phenoxy) is 2. The molecule has 0 spiro atoms. The van der Waals surface area contributed by atoms with Crippen LogP contribution < -0.4 is 15.4 Å². The van der Waals surface area contributed by atoms with Crippen molar-refractivity contribution in [2.75, 3.05) is 32.1 Å². The minimum absolute atomic E-state index is 0. The molecule has 4 rings (SSSR count). The number of fused-ring (bicyclic) bond motifs is 1. The molecule has 1 aromatic carbocycles. The highest BCUT2D eigenvalue weighted by Gasteiger charge is 2.39. The summed E-state index contributed by atoms with van der Waals surface area (Å²) in [6, 6.07) is 11.8. The molecule has 8 heteroatoms. The number of methoxy groups -OCH3 is 1. The van der Waals surface area contributed by atoms with Crippen molar-refractivity contribution in [3.63, 3.8) is 0 Å². The maximum Gasteiger partial charge on any atom is 0.257 e. The van der Waals surface area contributed by atoms with Crippen molar-refractivity contribution < 1.29 is 14.3 Å². The number of nitrogens with one attached hydrogen (secondary N) is 2. The standard InChI is InChI=1S/C20H23N3O3.2ClH/c1-25-20(8-10-21-11-9-20)19(24)23-18-4-2-3-16(22-18)14-5-6-17-15(13-14)7-12-26-17;;/h2-6,13,21H,7-12H2,1H3,(H,22,23,24);2*1H. The van der Waals surface area contributed by atoms with E-state index in [4.69, 9.17) is 9.47 Å². The Labute approximate surface area is 177 Å². The number of piperidine rings is 1. The largest absolute Gasteiger partial charge is 0.493 e. The van der Waals surface area contributed by atoms with Gasteiger partial charge in [0.05, 0.1) is 12.3 Å². The quantitative estimate of drug-likeness (QED) is 0.786. The van der Waals surface area contributed by atoms with Crippen molar-refractivity contribution in [3.8, 4) is 17.0 Å². The summed E-state index contributed by atoms with van der Waals surface area (Å²) < 4.78 is 11.1. The third-order valence-electron chi connectivity index (χ3n) is 5.19. The SMILES string of the molecule is COC1(C(=O)Nc2cccc(-c3ccc4c(c3)CCO4)n2)CCNCC1.Cl.Cl. The van der Waals surface area contributed by atoms with Gasteiger partial charge in [0.1, 0.15) is 17.2 Å². The van der Waals surface area contributed by atoms with E-state index in [1.165, 1.54) is 5.56 Å². The second-order valence-corrected chi connectivity index (χ2v) is 6.73. The van der Waals surface area contributed by atoms with Crippen LogP contribution in [0.15, 0.2) is 36.4 Å². The van der Waals surface area contributed by atoms with E-state index >= 15 is 0 Å². The highest BCUT2D eigenvalue weighted by molar-refractivity contribution is 5.97. The molecular formula is C20H25Cl2N3O3. The second kappa shape index (κ2) is 9.56. The van der Waals surface area contributed by atoms with E-state index in [1.807, 2.05) is 30.3 Å². The molecule has 2 N–H and O–H groups in total. The summed E-state index contributed by atoms with van der Waals surface area (Å²) in [6.07, 6.45) is 2.23. The van der Waals surface area contributed by atoms with Crippen LogP contribution in [0, 0.1) is 0 Å². The normalized spacial score (nSPS) is 16.8. The van der Waals surface area contributed by atoms with Gasteiger partial charge in [0.15, 0.2) is 0 Å². The first kappa shape index (κ1) is 22.4. The molecule has 1 amide bonds. The van der Waals surface area contributed by atoms with E-state index in [1.54, 1.807) is 7.11 Å². The summed E-state index contributed by atoms with van der Waals surface area (Å²) in [5.74, 6) is 1.36. The number of hydrogen-bond acceptors (Lipinski definition) is 5. The molecule has 0 bridgehead atoms. The average molecular weight is 426 g/mol. The smallest absolute Gasteiger partial charge is 0.257 e. The van der Waals surface area contributed by atoms with Gasteiger partial charge in [-0.3, -0.25) is 4.79 Å². The number of rotatable bonds is 4. The molecule has 28 heavy (non-hydrogen) atoms. The number of halogens is 2. The lowest BCUT2D eigenvalue weighted by Crippen LogP contribution is -2.51. The minimum Gasteiger partial charge on any atom is -0.493 e. The monoisotopic (exact) mass is 425 g/mol. The molecule has 2 aliphatic rings. The molecule has 2 aromatic rings.